The van der Waals surface area contributed by atoms with Crippen molar-refractivity contribution in [2.24, 2.45) is 0 Å². The molecule has 5 nitrogen and oxygen atoms in total. The normalized spacial score (nSPS) is 44.9. The number of aliphatic hydroxyl groups excluding tert-OH is 1. The number of phenols is 1. The lowest BCUT2D eigenvalue weighted by atomic mass is 9.51. The Morgan fingerprint density at radius 1 is 1.27 bits per heavy atom. The minimum Gasteiger partial charge on any atom is -0.504 e. The molecule has 5 heteroatoms. The van der Waals surface area contributed by atoms with E-state index in [1.165, 1.54) is 0 Å². The number of aromatic hydroxyl groups is 1. The predicted molar refractivity (Wildman–Crippen MR) is 79.1 cm³/mol. The molecule has 0 aromatic heterocycles. The number of rotatable bonds is 0. The molecule has 118 valence electrons. The molecular weight excluding hydrogens is 282 g/mol. The minimum atomic E-state index is -0.917. The van der Waals surface area contributed by atoms with Crippen molar-refractivity contribution in [2.75, 3.05) is 6.54 Å². The first kappa shape index (κ1) is 13.2. The molecule has 2 heterocycles. The predicted octanol–water partition coefficient (Wildman–Crippen LogP) is 0.585. The van der Waals surface area contributed by atoms with Crippen molar-refractivity contribution in [2.45, 2.75) is 61.4 Å². The van der Waals surface area contributed by atoms with E-state index in [9.17, 15) is 15.3 Å². The maximum atomic E-state index is 11.7. The van der Waals surface area contributed by atoms with Crippen molar-refractivity contribution in [3.05, 3.63) is 23.3 Å². The second-order valence-electron chi connectivity index (χ2n) is 7.30. The van der Waals surface area contributed by atoms with Gasteiger partial charge in [0.2, 0.25) is 0 Å². The molecule has 4 aliphatic rings. The summed E-state index contributed by atoms with van der Waals surface area (Å²) < 4.78 is 6.05. The summed E-state index contributed by atoms with van der Waals surface area (Å²) >= 11 is 0. The molecule has 0 amide bonds. The molecule has 2 bridgehead atoms. The Labute approximate surface area is 128 Å². The van der Waals surface area contributed by atoms with Crippen LogP contribution in [0.3, 0.4) is 0 Å². The quantitative estimate of drug-likeness (QED) is 0.564. The van der Waals surface area contributed by atoms with Gasteiger partial charge in [0.25, 0.3) is 0 Å². The van der Waals surface area contributed by atoms with Crippen molar-refractivity contribution in [1.29, 1.82) is 0 Å². The van der Waals surface area contributed by atoms with Crippen LogP contribution in [0.15, 0.2) is 12.1 Å². The van der Waals surface area contributed by atoms with Crippen molar-refractivity contribution < 1.29 is 20.1 Å². The van der Waals surface area contributed by atoms with Crippen LogP contribution in [0.4, 0.5) is 0 Å². The third-order valence-corrected chi connectivity index (χ3v) is 6.48. The van der Waals surface area contributed by atoms with Gasteiger partial charge in [0.05, 0.1) is 17.1 Å². The van der Waals surface area contributed by atoms with Gasteiger partial charge in [-0.15, -0.1) is 0 Å². The Balaban J connectivity index is 1.86. The lowest BCUT2D eigenvalue weighted by Crippen LogP contribution is -2.72. The molecule has 2 fully saturated rings. The minimum absolute atomic E-state index is 0.0170. The summed E-state index contributed by atoms with van der Waals surface area (Å²) in [5, 5.41) is 36.0. The van der Waals surface area contributed by atoms with Gasteiger partial charge in [0, 0.05) is 11.6 Å². The van der Waals surface area contributed by atoms with E-state index in [2.05, 4.69) is 5.32 Å². The van der Waals surface area contributed by atoms with E-state index in [1.807, 2.05) is 6.07 Å². The molecule has 5 atom stereocenters. The zero-order valence-electron chi connectivity index (χ0n) is 12.4. The van der Waals surface area contributed by atoms with Gasteiger partial charge in [0.15, 0.2) is 11.5 Å². The number of nitrogens with one attached hydrogen (secondary N) is 1. The Morgan fingerprint density at radius 3 is 3.00 bits per heavy atom. The van der Waals surface area contributed by atoms with Gasteiger partial charge >= 0.3 is 0 Å². The molecule has 1 saturated heterocycles. The fourth-order valence-corrected chi connectivity index (χ4v) is 5.62. The van der Waals surface area contributed by atoms with E-state index in [1.54, 1.807) is 6.07 Å². The summed E-state index contributed by atoms with van der Waals surface area (Å²) in [5.41, 5.74) is 0.576. The summed E-state index contributed by atoms with van der Waals surface area (Å²) in [6.45, 7) is 0.868. The van der Waals surface area contributed by atoms with E-state index in [0.29, 0.717) is 18.6 Å². The van der Waals surface area contributed by atoms with Crippen LogP contribution in [0, 0.1) is 0 Å². The molecule has 1 aromatic carbocycles. The molecular formula is C17H21NO4. The fraction of sp³-hybridized carbons (Fsp3) is 0.647. The molecule has 22 heavy (non-hydrogen) atoms. The van der Waals surface area contributed by atoms with Gasteiger partial charge in [-0.2, -0.15) is 0 Å². The summed E-state index contributed by atoms with van der Waals surface area (Å²) in [5.74, 6) is 0.606. The third kappa shape index (κ3) is 1.24. The van der Waals surface area contributed by atoms with Crippen LogP contribution in [0.25, 0.3) is 0 Å². The average Bonchev–Trinajstić information content (AvgIpc) is 2.83. The topological polar surface area (TPSA) is 82.0 Å². The summed E-state index contributed by atoms with van der Waals surface area (Å²) in [7, 11) is 0. The van der Waals surface area contributed by atoms with Crippen LogP contribution in [0.1, 0.15) is 36.8 Å². The Hall–Kier alpha value is -1.30. The van der Waals surface area contributed by atoms with Gasteiger partial charge in [-0.3, -0.25) is 0 Å². The lowest BCUT2D eigenvalue weighted by Gasteiger charge is -2.57. The highest BCUT2D eigenvalue weighted by atomic mass is 16.5. The second kappa shape index (κ2) is 3.96. The molecule has 1 saturated carbocycles. The van der Waals surface area contributed by atoms with Crippen LogP contribution in [0.2, 0.25) is 0 Å². The summed E-state index contributed by atoms with van der Waals surface area (Å²) in [6.07, 6.45) is 2.49. The molecule has 1 unspecified atom stereocenters. The van der Waals surface area contributed by atoms with Crippen molar-refractivity contribution in [1.82, 2.24) is 5.32 Å². The highest BCUT2D eigenvalue weighted by Gasteiger charge is 2.70. The fourth-order valence-electron chi connectivity index (χ4n) is 5.62. The Morgan fingerprint density at radius 2 is 2.14 bits per heavy atom. The zero-order valence-corrected chi connectivity index (χ0v) is 12.4. The van der Waals surface area contributed by atoms with Gasteiger partial charge in [0.1, 0.15) is 6.10 Å². The highest BCUT2D eigenvalue weighted by molar-refractivity contribution is 5.62. The van der Waals surface area contributed by atoms with Crippen LogP contribution < -0.4 is 10.1 Å². The maximum absolute atomic E-state index is 11.7. The van der Waals surface area contributed by atoms with E-state index >= 15 is 0 Å². The van der Waals surface area contributed by atoms with Crippen LogP contribution in [0.5, 0.6) is 11.5 Å². The summed E-state index contributed by atoms with van der Waals surface area (Å²) in [6, 6.07) is 3.60. The van der Waals surface area contributed by atoms with Gasteiger partial charge in [-0.05, 0) is 50.3 Å². The van der Waals surface area contributed by atoms with E-state index in [4.69, 9.17) is 4.74 Å². The van der Waals surface area contributed by atoms with Gasteiger partial charge < -0.3 is 25.4 Å². The van der Waals surface area contributed by atoms with Crippen LogP contribution in [-0.2, 0) is 11.8 Å². The van der Waals surface area contributed by atoms with Crippen LogP contribution in [-0.4, -0.2) is 45.7 Å². The average molecular weight is 303 g/mol. The van der Waals surface area contributed by atoms with Crippen molar-refractivity contribution in [3.63, 3.8) is 0 Å². The molecule has 2 aliphatic carbocycles. The molecule has 5 rings (SSSR count). The number of hydrogen-bond acceptors (Lipinski definition) is 5. The lowest BCUT2D eigenvalue weighted by molar-refractivity contribution is -0.163. The first-order valence-electron chi connectivity index (χ1n) is 8.24. The first-order valence-corrected chi connectivity index (χ1v) is 8.24. The highest BCUT2D eigenvalue weighted by Crippen LogP contribution is 2.64. The van der Waals surface area contributed by atoms with Crippen molar-refractivity contribution in [3.8, 4) is 11.5 Å². The Bertz CT molecular complexity index is 662. The van der Waals surface area contributed by atoms with E-state index < -0.39 is 23.2 Å². The molecule has 4 N–H and O–H groups in total. The number of hydrogen-bond donors (Lipinski definition) is 4. The smallest absolute Gasteiger partial charge is 0.165 e. The number of phenolic OH excluding ortho intramolecular Hbond substituents is 1. The maximum Gasteiger partial charge on any atom is 0.165 e. The number of aliphatic hydroxyl groups is 2. The molecule has 0 radical (unpaired) electrons. The number of benzene rings is 1. The second-order valence-corrected chi connectivity index (χ2v) is 7.30. The van der Waals surface area contributed by atoms with Crippen LogP contribution >= 0.6 is 0 Å². The standard InChI is InChI=1S/C17H21NO4/c19-10-3-2-9-8-12-17(21)6-4-11(20)15-16(17,5-1-7-18-12)13(9)14(10)22-15/h2-3,11-12,15,18-21H,1,4-8H2/t11?,12-,15+,16+,17-/m1/s1. The van der Waals surface area contributed by atoms with E-state index in [0.717, 1.165) is 36.9 Å². The Kier molecular flexibility index (Phi) is 2.37. The monoisotopic (exact) mass is 303 g/mol. The third-order valence-electron chi connectivity index (χ3n) is 6.48. The van der Waals surface area contributed by atoms with Gasteiger partial charge in [-0.1, -0.05) is 6.07 Å². The summed E-state index contributed by atoms with van der Waals surface area (Å²) in [4.78, 5) is 0. The zero-order chi connectivity index (χ0) is 15.1. The van der Waals surface area contributed by atoms with E-state index in [-0.39, 0.29) is 11.8 Å². The molecule has 1 spiro atoms. The number of ether oxygens (including phenoxy) is 1. The molecule has 1 aromatic rings. The molecule has 2 aliphatic heterocycles. The largest absolute Gasteiger partial charge is 0.504 e. The SMILES string of the molecule is Oc1ccc2c3c1O[C@H]1C(O)CC[C@@]4(O)[C@@H](C2)NCCC[C@]314. The first-order chi connectivity index (χ1) is 10.6. The van der Waals surface area contributed by atoms with Crippen molar-refractivity contribution >= 4 is 0 Å². The van der Waals surface area contributed by atoms with Gasteiger partial charge in [-0.25, -0.2) is 0 Å².